The minimum Gasteiger partial charge on any atom is -0.425 e. The fourth-order valence-electron chi connectivity index (χ4n) is 2.01. The van der Waals surface area contributed by atoms with Crippen LogP contribution in [-0.2, 0) is 0 Å². The lowest BCUT2D eigenvalue weighted by molar-refractivity contribution is 0.439. The van der Waals surface area contributed by atoms with Crippen molar-refractivity contribution in [3.05, 3.63) is 56.8 Å². The maximum atomic E-state index is 12.0. The first-order chi connectivity index (χ1) is 10.0. The first-order valence-corrected chi connectivity index (χ1v) is 7.06. The number of hydrogen-bond acceptors (Lipinski definition) is 4. The molecule has 0 spiro atoms. The SMILES string of the molecule is Cc1cc(Br)ccc1Oc1nc2ccc(N)cc2c(=O)[nH]1. The fraction of sp³-hybridized carbons (Fsp3) is 0.0667. The fourth-order valence-corrected chi connectivity index (χ4v) is 2.49. The summed E-state index contributed by atoms with van der Waals surface area (Å²) in [4.78, 5) is 18.9. The van der Waals surface area contributed by atoms with Gasteiger partial charge in [-0.2, -0.15) is 4.98 Å². The summed E-state index contributed by atoms with van der Waals surface area (Å²) in [5, 5.41) is 0.440. The molecule has 0 aliphatic rings. The third-order valence-corrected chi connectivity index (χ3v) is 3.54. The van der Waals surface area contributed by atoms with Crippen LogP contribution < -0.4 is 16.0 Å². The second-order valence-electron chi connectivity index (χ2n) is 4.66. The van der Waals surface area contributed by atoms with Crippen molar-refractivity contribution >= 4 is 32.5 Å². The minimum absolute atomic E-state index is 0.155. The summed E-state index contributed by atoms with van der Waals surface area (Å²) in [6, 6.07) is 10.7. The van der Waals surface area contributed by atoms with Crippen LogP contribution in [0.25, 0.3) is 10.9 Å². The van der Waals surface area contributed by atoms with Gasteiger partial charge < -0.3 is 10.5 Å². The van der Waals surface area contributed by atoms with E-state index in [-0.39, 0.29) is 11.6 Å². The number of fused-ring (bicyclic) bond motifs is 1. The molecule has 3 rings (SSSR count). The molecule has 1 heterocycles. The van der Waals surface area contributed by atoms with Gasteiger partial charge in [-0.1, -0.05) is 15.9 Å². The van der Waals surface area contributed by atoms with Crippen LogP contribution in [0.5, 0.6) is 11.8 Å². The Balaban J connectivity index is 2.05. The molecule has 0 aliphatic heterocycles. The maximum Gasteiger partial charge on any atom is 0.302 e. The third kappa shape index (κ3) is 2.75. The molecule has 21 heavy (non-hydrogen) atoms. The molecule has 0 radical (unpaired) electrons. The van der Waals surface area contributed by atoms with E-state index < -0.39 is 0 Å². The number of nitrogens with two attached hydrogens (primary N) is 1. The second kappa shape index (κ2) is 5.21. The Morgan fingerprint density at radius 2 is 2.05 bits per heavy atom. The van der Waals surface area contributed by atoms with Crippen LogP contribution >= 0.6 is 15.9 Å². The lowest BCUT2D eigenvalue weighted by Crippen LogP contribution is -2.10. The van der Waals surface area contributed by atoms with Gasteiger partial charge in [-0.3, -0.25) is 9.78 Å². The van der Waals surface area contributed by atoms with Gasteiger partial charge in [0.2, 0.25) is 0 Å². The zero-order valence-corrected chi connectivity index (χ0v) is 12.8. The van der Waals surface area contributed by atoms with E-state index in [9.17, 15) is 4.79 Å². The minimum atomic E-state index is -0.280. The van der Waals surface area contributed by atoms with Crippen LogP contribution in [0, 0.1) is 6.92 Å². The topological polar surface area (TPSA) is 81.0 Å². The number of nitrogens with zero attached hydrogens (tertiary/aromatic N) is 1. The molecular formula is C15H12BrN3O2. The Labute approximate surface area is 128 Å². The Morgan fingerprint density at radius 3 is 2.81 bits per heavy atom. The number of nitrogens with one attached hydrogen (secondary N) is 1. The van der Waals surface area contributed by atoms with Crippen LogP contribution in [0.3, 0.4) is 0 Å². The van der Waals surface area contributed by atoms with E-state index in [1.165, 1.54) is 0 Å². The number of ether oxygens (including phenoxy) is 1. The highest BCUT2D eigenvalue weighted by Gasteiger charge is 2.08. The molecule has 3 N–H and O–H groups in total. The van der Waals surface area contributed by atoms with E-state index in [0.29, 0.717) is 22.3 Å². The highest BCUT2D eigenvalue weighted by atomic mass is 79.9. The number of rotatable bonds is 2. The Bertz CT molecular complexity index is 890. The zero-order chi connectivity index (χ0) is 15.0. The van der Waals surface area contributed by atoms with Gasteiger partial charge in [0.1, 0.15) is 5.75 Å². The van der Waals surface area contributed by atoms with Crippen molar-refractivity contribution in [2.75, 3.05) is 5.73 Å². The lowest BCUT2D eigenvalue weighted by atomic mass is 10.2. The largest absolute Gasteiger partial charge is 0.425 e. The van der Waals surface area contributed by atoms with E-state index in [4.69, 9.17) is 10.5 Å². The number of anilines is 1. The highest BCUT2D eigenvalue weighted by Crippen LogP contribution is 2.25. The van der Waals surface area contributed by atoms with Crippen molar-refractivity contribution in [2.45, 2.75) is 6.92 Å². The summed E-state index contributed by atoms with van der Waals surface area (Å²) in [5.41, 5.74) is 7.39. The molecule has 3 aromatic rings. The Morgan fingerprint density at radius 1 is 1.24 bits per heavy atom. The molecule has 0 bridgehead atoms. The van der Waals surface area contributed by atoms with Crippen LogP contribution in [-0.4, -0.2) is 9.97 Å². The molecular weight excluding hydrogens is 334 g/mol. The predicted octanol–water partition coefficient (Wildman–Crippen LogP) is 3.37. The van der Waals surface area contributed by atoms with Gasteiger partial charge in [-0.05, 0) is 48.9 Å². The smallest absolute Gasteiger partial charge is 0.302 e. The maximum absolute atomic E-state index is 12.0. The molecule has 2 aromatic carbocycles. The zero-order valence-electron chi connectivity index (χ0n) is 11.2. The van der Waals surface area contributed by atoms with Crippen LogP contribution in [0.1, 0.15) is 5.56 Å². The molecule has 106 valence electrons. The summed E-state index contributed by atoms with van der Waals surface area (Å²) in [6.45, 7) is 1.92. The monoisotopic (exact) mass is 345 g/mol. The number of aryl methyl sites for hydroxylation is 1. The van der Waals surface area contributed by atoms with Gasteiger partial charge in [0.05, 0.1) is 10.9 Å². The summed E-state index contributed by atoms with van der Waals surface area (Å²) in [5.74, 6) is 0.635. The van der Waals surface area contributed by atoms with E-state index in [1.54, 1.807) is 18.2 Å². The number of aromatic amines is 1. The van der Waals surface area contributed by atoms with Crippen molar-refractivity contribution in [1.29, 1.82) is 0 Å². The van der Waals surface area contributed by atoms with E-state index in [1.807, 2.05) is 25.1 Å². The molecule has 5 nitrogen and oxygen atoms in total. The number of halogens is 1. The van der Waals surface area contributed by atoms with Gasteiger partial charge >= 0.3 is 6.01 Å². The molecule has 0 saturated heterocycles. The molecule has 0 unspecified atom stereocenters. The highest BCUT2D eigenvalue weighted by molar-refractivity contribution is 9.10. The van der Waals surface area contributed by atoms with E-state index >= 15 is 0 Å². The molecule has 6 heteroatoms. The van der Waals surface area contributed by atoms with Crippen molar-refractivity contribution in [1.82, 2.24) is 9.97 Å². The van der Waals surface area contributed by atoms with Crippen LogP contribution in [0.2, 0.25) is 0 Å². The number of benzene rings is 2. The molecule has 0 saturated carbocycles. The van der Waals surface area contributed by atoms with Crippen molar-refractivity contribution in [2.24, 2.45) is 0 Å². The molecule has 0 atom stereocenters. The molecule has 0 amide bonds. The number of H-pyrrole nitrogens is 1. The summed E-state index contributed by atoms with van der Waals surface area (Å²) >= 11 is 3.39. The lowest BCUT2D eigenvalue weighted by Gasteiger charge is -2.08. The van der Waals surface area contributed by atoms with Crippen molar-refractivity contribution in [3.63, 3.8) is 0 Å². The standard InChI is InChI=1S/C15H12BrN3O2/c1-8-6-9(16)2-5-13(8)21-15-18-12-4-3-10(17)7-11(12)14(20)19-15/h2-7H,17H2,1H3,(H,18,19,20). The summed E-state index contributed by atoms with van der Waals surface area (Å²) in [7, 11) is 0. The summed E-state index contributed by atoms with van der Waals surface area (Å²) < 4.78 is 6.63. The first-order valence-electron chi connectivity index (χ1n) is 6.26. The Hall–Kier alpha value is -2.34. The first kappa shape index (κ1) is 13.6. The second-order valence-corrected chi connectivity index (χ2v) is 5.58. The average molecular weight is 346 g/mol. The quantitative estimate of drug-likeness (QED) is 0.697. The van der Waals surface area contributed by atoms with Crippen molar-refractivity contribution in [3.8, 4) is 11.8 Å². The van der Waals surface area contributed by atoms with Gasteiger partial charge in [0.15, 0.2) is 0 Å². The van der Waals surface area contributed by atoms with Crippen molar-refractivity contribution < 1.29 is 4.74 Å². The van der Waals surface area contributed by atoms with Gasteiger partial charge in [0.25, 0.3) is 5.56 Å². The van der Waals surface area contributed by atoms with E-state index in [0.717, 1.165) is 10.0 Å². The van der Waals surface area contributed by atoms with E-state index in [2.05, 4.69) is 25.9 Å². The Kier molecular flexibility index (Phi) is 3.39. The van der Waals surface area contributed by atoms with Gasteiger partial charge in [-0.25, -0.2) is 0 Å². The third-order valence-electron chi connectivity index (χ3n) is 3.05. The van der Waals surface area contributed by atoms with Crippen LogP contribution in [0.15, 0.2) is 45.7 Å². The number of hydrogen-bond donors (Lipinski definition) is 2. The van der Waals surface area contributed by atoms with Gasteiger partial charge in [0, 0.05) is 10.2 Å². The van der Waals surface area contributed by atoms with Gasteiger partial charge in [-0.15, -0.1) is 0 Å². The molecule has 1 aromatic heterocycles. The predicted molar refractivity (Wildman–Crippen MR) is 85.7 cm³/mol. The summed E-state index contributed by atoms with van der Waals surface area (Å²) in [6.07, 6.45) is 0. The average Bonchev–Trinajstić information content (AvgIpc) is 2.43. The van der Waals surface area contributed by atoms with Crippen LogP contribution in [0.4, 0.5) is 5.69 Å². The molecule has 0 aliphatic carbocycles. The molecule has 0 fully saturated rings. The number of nitrogen functional groups attached to an aromatic ring is 1. The number of aromatic nitrogens is 2. The normalized spacial score (nSPS) is 10.8.